The van der Waals surface area contributed by atoms with E-state index in [1.165, 1.54) is 19.3 Å². The Labute approximate surface area is 124 Å². The lowest BCUT2D eigenvalue weighted by Gasteiger charge is -2.27. The van der Waals surface area contributed by atoms with Crippen LogP contribution in [0.2, 0.25) is 0 Å². The fourth-order valence-corrected chi connectivity index (χ4v) is 2.43. The summed E-state index contributed by atoms with van der Waals surface area (Å²) in [5, 5.41) is 11.3. The van der Waals surface area contributed by atoms with Crippen molar-refractivity contribution in [2.75, 3.05) is 30.4 Å². The van der Waals surface area contributed by atoms with E-state index in [1.807, 2.05) is 24.3 Å². The minimum atomic E-state index is 0.517. The predicted octanol–water partition coefficient (Wildman–Crippen LogP) is 2.61. The number of ether oxygens (including phenoxy) is 1. The van der Waals surface area contributed by atoms with Crippen molar-refractivity contribution in [2.24, 2.45) is 0 Å². The first kappa shape index (κ1) is 13.6. The summed E-state index contributed by atoms with van der Waals surface area (Å²) in [5.74, 6) is 2.23. The molecule has 6 nitrogen and oxygen atoms in total. The highest BCUT2D eigenvalue weighted by molar-refractivity contribution is 5.55. The van der Waals surface area contributed by atoms with Gasteiger partial charge in [-0.05, 0) is 43.5 Å². The van der Waals surface area contributed by atoms with Crippen molar-refractivity contribution in [3.63, 3.8) is 0 Å². The van der Waals surface area contributed by atoms with Crippen molar-refractivity contribution in [2.45, 2.75) is 19.3 Å². The molecule has 1 aliphatic heterocycles. The Morgan fingerprint density at radius 3 is 2.57 bits per heavy atom. The number of nitrogens with zero attached hydrogens (tertiary/aromatic N) is 4. The van der Waals surface area contributed by atoms with E-state index >= 15 is 0 Å². The van der Waals surface area contributed by atoms with Crippen LogP contribution >= 0.6 is 0 Å². The van der Waals surface area contributed by atoms with E-state index < -0.39 is 0 Å². The zero-order valence-corrected chi connectivity index (χ0v) is 12.1. The van der Waals surface area contributed by atoms with E-state index in [0.717, 1.165) is 30.3 Å². The Bertz CT molecular complexity index is 581. The molecule has 110 valence electrons. The summed E-state index contributed by atoms with van der Waals surface area (Å²) >= 11 is 0. The molecule has 1 aliphatic rings. The first-order valence-corrected chi connectivity index (χ1v) is 7.21. The van der Waals surface area contributed by atoms with Crippen LogP contribution in [0.4, 0.5) is 17.5 Å². The van der Waals surface area contributed by atoms with Crippen LogP contribution in [0.1, 0.15) is 19.3 Å². The molecule has 0 radical (unpaired) electrons. The van der Waals surface area contributed by atoms with Gasteiger partial charge in [-0.15, -0.1) is 5.10 Å². The molecule has 0 amide bonds. The third-order valence-corrected chi connectivity index (χ3v) is 3.57. The van der Waals surface area contributed by atoms with Crippen LogP contribution < -0.4 is 15.0 Å². The molecule has 21 heavy (non-hydrogen) atoms. The van der Waals surface area contributed by atoms with Crippen molar-refractivity contribution < 1.29 is 4.74 Å². The molecule has 1 fully saturated rings. The summed E-state index contributed by atoms with van der Waals surface area (Å²) in [6.07, 6.45) is 5.45. The molecule has 2 aromatic rings. The van der Waals surface area contributed by atoms with Crippen molar-refractivity contribution in [1.29, 1.82) is 0 Å². The summed E-state index contributed by atoms with van der Waals surface area (Å²) in [4.78, 5) is 6.81. The molecule has 1 N–H and O–H groups in total. The Kier molecular flexibility index (Phi) is 4.14. The Balaban J connectivity index is 1.72. The average molecular weight is 285 g/mol. The SMILES string of the molecule is COc1ccc(Nc2nncc(N3CCCCC3)n2)cc1. The Morgan fingerprint density at radius 1 is 1.10 bits per heavy atom. The average Bonchev–Trinajstić information content (AvgIpc) is 2.57. The molecule has 0 unspecified atom stereocenters. The van der Waals surface area contributed by atoms with E-state index in [2.05, 4.69) is 25.4 Å². The third kappa shape index (κ3) is 3.39. The van der Waals surface area contributed by atoms with E-state index in [0.29, 0.717) is 5.95 Å². The summed E-state index contributed by atoms with van der Waals surface area (Å²) < 4.78 is 5.14. The topological polar surface area (TPSA) is 63.2 Å². The maximum atomic E-state index is 5.14. The lowest BCUT2D eigenvalue weighted by atomic mass is 10.1. The molecule has 0 spiro atoms. The molecular formula is C15H19N5O. The fraction of sp³-hybridized carbons (Fsp3) is 0.400. The van der Waals surface area contributed by atoms with Gasteiger partial charge in [0.1, 0.15) is 5.75 Å². The zero-order valence-electron chi connectivity index (χ0n) is 12.1. The van der Waals surface area contributed by atoms with Crippen LogP contribution in [0.15, 0.2) is 30.5 Å². The number of methoxy groups -OCH3 is 1. The summed E-state index contributed by atoms with van der Waals surface area (Å²) in [5.41, 5.74) is 0.911. The highest BCUT2D eigenvalue weighted by atomic mass is 16.5. The van der Waals surface area contributed by atoms with Crippen LogP contribution in [0, 0.1) is 0 Å². The van der Waals surface area contributed by atoms with E-state index in [4.69, 9.17) is 4.74 Å². The fourth-order valence-electron chi connectivity index (χ4n) is 2.43. The largest absolute Gasteiger partial charge is 0.497 e. The minimum Gasteiger partial charge on any atom is -0.497 e. The van der Waals surface area contributed by atoms with E-state index in [9.17, 15) is 0 Å². The van der Waals surface area contributed by atoms with Crippen LogP contribution in [-0.2, 0) is 0 Å². The van der Waals surface area contributed by atoms with Gasteiger partial charge in [0, 0.05) is 18.8 Å². The van der Waals surface area contributed by atoms with Gasteiger partial charge < -0.3 is 15.0 Å². The third-order valence-electron chi connectivity index (χ3n) is 3.57. The molecule has 0 atom stereocenters. The molecule has 3 rings (SSSR count). The van der Waals surface area contributed by atoms with Crippen LogP contribution in [0.3, 0.4) is 0 Å². The summed E-state index contributed by atoms with van der Waals surface area (Å²) in [6.45, 7) is 2.08. The van der Waals surface area contributed by atoms with Gasteiger partial charge in [0.05, 0.1) is 13.3 Å². The lowest BCUT2D eigenvalue weighted by molar-refractivity contribution is 0.415. The van der Waals surface area contributed by atoms with Gasteiger partial charge in [0.15, 0.2) is 5.82 Å². The molecule has 1 saturated heterocycles. The number of piperidine rings is 1. The van der Waals surface area contributed by atoms with Crippen molar-refractivity contribution in [3.8, 4) is 5.75 Å². The zero-order chi connectivity index (χ0) is 14.5. The van der Waals surface area contributed by atoms with Crippen LogP contribution in [-0.4, -0.2) is 35.4 Å². The van der Waals surface area contributed by atoms with Gasteiger partial charge in [-0.25, -0.2) is 0 Å². The maximum absolute atomic E-state index is 5.14. The molecule has 0 bridgehead atoms. The normalized spacial score (nSPS) is 14.8. The number of anilines is 3. The van der Waals surface area contributed by atoms with Crippen molar-refractivity contribution in [3.05, 3.63) is 30.5 Å². The van der Waals surface area contributed by atoms with Gasteiger partial charge in [0.2, 0.25) is 5.95 Å². The van der Waals surface area contributed by atoms with Gasteiger partial charge >= 0.3 is 0 Å². The molecule has 0 aliphatic carbocycles. The minimum absolute atomic E-state index is 0.517. The quantitative estimate of drug-likeness (QED) is 0.931. The molecule has 0 saturated carbocycles. The molecule has 2 heterocycles. The second-order valence-electron chi connectivity index (χ2n) is 5.04. The summed E-state index contributed by atoms with van der Waals surface area (Å²) in [7, 11) is 1.65. The van der Waals surface area contributed by atoms with Gasteiger partial charge in [-0.2, -0.15) is 10.1 Å². The van der Waals surface area contributed by atoms with Crippen LogP contribution in [0.5, 0.6) is 5.75 Å². The van der Waals surface area contributed by atoms with E-state index in [-0.39, 0.29) is 0 Å². The Morgan fingerprint density at radius 2 is 1.86 bits per heavy atom. The first-order valence-electron chi connectivity index (χ1n) is 7.21. The summed E-state index contributed by atoms with van der Waals surface area (Å²) in [6, 6.07) is 7.64. The monoisotopic (exact) mass is 285 g/mol. The number of hydrogen-bond acceptors (Lipinski definition) is 6. The molecular weight excluding hydrogens is 266 g/mol. The highest BCUT2D eigenvalue weighted by Crippen LogP contribution is 2.20. The predicted molar refractivity (Wildman–Crippen MR) is 82.2 cm³/mol. The van der Waals surface area contributed by atoms with Gasteiger partial charge in [-0.3, -0.25) is 0 Å². The van der Waals surface area contributed by atoms with Crippen molar-refractivity contribution in [1.82, 2.24) is 15.2 Å². The van der Waals surface area contributed by atoms with Crippen LogP contribution in [0.25, 0.3) is 0 Å². The lowest BCUT2D eigenvalue weighted by Crippen LogP contribution is -2.30. The number of aromatic nitrogens is 3. The number of benzene rings is 1. The molecule has 1 aromatic carbocycles. The first-order chi connectivity index (χ1) is 10.3. The number of rotatable bonds is 4. The van der Waals surface area contributed by atoms with E-state index in [1.54, 1.807) is 13.3 Å². The van der Waals surface area contributed by atoms with Crippen molar-refractivity contribution >= 4 is 17.5 Å². The second-order valence-corrected chi connectivity index (χ2v) is 5.04. The Hall–Kier alpha value is -2.37. The smallest absolute Gasteiger partial charge is 0.249 e. The van der Waals surface area contributed by atoms with Gasteiger partial charge in [-0.1, -0.05) is 0 Å². The number of nitrogens with one attached hydrogen (secondary N) is 1. The molecule has 6 heteroatoms. The second kappa shape index (κ2) is 6.39. The number of hydrogen-bond donors (Lipinski definition) is 1. The highest BCUT2D eigenvalue weighted by Gasteiger charge is 2.13. The maximum Gasteiger partial charge on any atom is 0.249 e. The standard InChI is InChI=1S/C15H19N5O/c1-21-13-7-5-12(6-8-13)17-15-18-14(11-16-19-15)20-9-3-2-4-10-20/h5-8,11H,2-4,9-10H2,1H3,(H,17,18,19). The molecule has 1 aromatic heterocycles. The van der Waals surface area contributed by atoms with Gasteiger partial charge in [0.25, 0.3) is 0 Å².